The molecular weight excluding hydrogens is 251 g/mol. The molecule has 102 valence electrons. The van der Waals surface area contributed by atoms with Crippen LogP contribution in [-0.2, 0) is 4.79 Å². The number of carboxylic acid groups (broad SMARTS) is 1. The molecule has 0 heterocycles. The van der Waals surface area contributed by atoms with Crippen LogP contribution >= 0.6 is 0 Å². The number of nitrogens with two attached hydrogens (primary N) is 1. The summed E-state index contributed by atoms with van der Waals surface area (Å²) < 4.78 is 13.3. The molecule has 19 heavy (non-hydrogen) atoms. The van der Waals surface area contributed by atoms with Crippen molar-refractivity contribution in [1.82, 2.24) is 5.32 Å². The lowest BCUT2D eigenvalue weighted by Crippen LogP contribution is -2.52. The Labute approximate surface area is 109 Å². The number of benzene rings is 1. The third-order valence-corrected chi connectivity index (χ3v) is 3.52. The fraction of sp³-hybridized carbons (Fsp3) is 0.385. The Kier molecular flexibility index (Phi) is 3.42. The van der Waals surface area contributed by atoms with E-state index in [4.69, 9.17) is 5.73 Å². The van der Waals surface area contributed by atoms with Gasteiger partial charge in [-0.1, -0.05) is 18.9 Å². The highest BCUT2D eigenvalue weighted by Gasteiger charge is 2.42. The number of amides is 1. The fourth-order valence-corrected chi connectivity index (χ4v) is 2.39. The first-order chi connectivity index (χ1) is 8.96. The molecule has 1 saturated carbocycles. The molecule has 1 aliphatic rings. The summed E-state index contributed by atoms with van der Waals surface area (Å²) in [6.45, 7) is 0. The molecule has 1 fully saturated rings. The van der Waals surface area contributed by atoms with Crippen LogP contribution < -0.4 is 11.1 Å². The molecule has 0 unspecified atom stereocenters. The number of nitrogens with one attached hydrogen (secondary N) is 1. The number of anilines is 1. The molecule has 1 amide bonds. The first-order valence-electron chi connectivity index (χ1n) is 6.06. The number of halogens is 1. The van der Waals surface area contributed by atoms with Gasteiger partial charge in [-0.3, -0.25) is 4.79 Å². The molecule has 0 aromatic heterocycles. The van der Waals surface area contributed by atoms with Crippen LogP contribution in [0.4, 0.5) is 10.1 Å². The van der Waals surface area contributed by atoms with Crippen molar-refractivity contribution in [2.45, 2.75) is 31.2 Å². The predicted molar refractivity (Wildman–Crippen MR) is 67.1 cm³/mol. The van der Waals surface area contributed by atoms with Crippen molar-refractivity contribution in [3.63, 3.8) is 0 Å². The molecule has 0 atom stereocenters. The van der Waals surface area contributed by atoms with Gasteiger partial charge in [-0.25, -0.2) is 9.18 Å². The van der Waals surface area contributed by atoms with E-state index in [1.54, 1.807) is 0 Å². The second kappa shape index (κ2) is 4.87. The minimum absolute atomic E-state index is 0.0347. The van der Waals surface area contributed by atoms with Crippen LogP contribution in [0.15, 0.2) is 18.2 Å². The molecule has 0 saturated heterocycles. The van der Waals surface area contributed by atoms with Gasteiger partial charge in [0.2, 0.25) is 0 Å². The highest BCUT2D eigenvalue weighted by atomic mass is 19.1. The van der Waals surface area contributed by atoms with Crippen molar-refractivity contribution in [1.29, 1.82) is 0 Å². The highest BCUT2D eigenvalue weighted by Crippen LogP contribution is 2.30. The zero-order valence-electron chi connectivity index (χ0n) is 10.3. The average molecular weight is 266 g/mol. The minimum atomic E-state index is -1.25. The molecular formula is C13H15FN2O3. The Morgan fingerprint density at radius 3 is 2.53 bits per heavy atom. The molecule has 0 aliphatic heterocycles. The Bertz CT molecular complexity index is 525. The van der Waals surface area contributed by atoms with Gasteiger partial charge >= 0.3 is 5.97 Å². The summed E-state index contributed by atoms with van der Waals surface area (Å²) >= 11 is 0. The third-order valence-electron chi connectivity index (χ3n) is 3.52. The van der Waals surface area contributed by atoms with E-state index in [0.717, 1.165) is 18.9 Å². The van der Waals surface area contributed by atoms with Crippen molar-refractivity contribution >= 4 is 17.6 Å². The number of para-hydroxylation sites is 1. The van der Waals surface area contributed by atoms with Gasteiger partial charge in [0, 0.05) is 0 Å². The van der Waals surface area contributed by atoms with Crippen LogP contribution in [-0.4, -0.2) is 22.5 Å². The quantitative estimate of drug-likeness (QED) is 0.723. The summed E-state index contributed by atoms with van der Waals surface area (Å²) in [4.78, 5) is 23.4. The Hall–Kier alpha value is -2.11. The molecule has 0 spiro atoms. The minimum Gasteiger partial charge on any atom is -0.480 e. The van der Waals surface area contributed by atoms with E-state index in [2.05, 4.69) is 5.32 Å². The maximum absolute atomic E-state index is 13.3. The van der Waals surface area contributed by atoms with E-state index < -0.39 is 23.2 Å². The number of carboxylic acids is 1. The maximum Gasteiger partial charge on any atom is 0.329 e. The van der Waals surface area contributed by atoms with Gasteiger partial charge in [0.05, 0.1) is 11.3 Å². The number of aliphatic carboxylic acids is 1. The lowest BCUT2D eigenvalue weighted by molar-refractivity contribution is -0.144. The summed E-state index contributed by atoms with van der Waals surface area (Å²) in [6, 6.07) is 3.88. The van der Waals surface area contributed by atoms with E-state index in [-0.39, 0.29) is 11.3 Å². The van der Waals surface area contributed by atoms with E-state index in [0.29, 0.717) is 12.8 Å². The number of carbonyl (C=O) groups excluding carboxylic acids is 1. The van der Waals surface area contributed by atoms with Crippen LogP contribution in [0.3, 0.4) is 0 Å². The van der Waals surface area contributed by atoms with Gasteiger partial charge in [-0.05, 0) is 25.0 Å². The van der Waals surface area contributed by atoms with Crippen LogP contribution in [0, 0.1) is 5.82 Å². The molecule has 6 heteroatoms. The zero-order valence-corrected chi connectivity index (χ0v) is 10.3. The van der Waals surface area contributed by atoms with E-state index >= 15 is 0 Å². The predicted octanol–water partition coefficient (Wildman–Crippen LogP) is 1.54. The van der Waals surface area contributed by atoms with Crippen LogP contribution in [0.2, 0.25) is 0 Å². The van der Waals surface area contributed by atoms with Crippen molar-refractivity contribution < 1.29 is 19.1 Å². The van der Waals surface area contributed by atoms with Crippen LogP contribution in [0.1, 0.15) is 36.0 Å². The number of rotatable bonds is 3. The van der Waals surface area contributed by atoms with Gasteiger partial charge in [0.25, 0.3) is 5.91 Å². The molecule has 1 aromatic carbocycles. The Morgan fingerprint density at radius 1 is 1.32 bits per heavy atom. The molecule has 1 aromatic rings. The number of hydrogen-bond acceptors (Lipinski definition) is 3. The zero-order chi connectivity index (χ0) is 14.0. The lowest BCUT2D eigenvalue weighted by Gasteiger charge is -2.25. The summed E-state index contributed by atoms with van der Waals surface area (Å²) in [5.74, 6) is -2.40. The standard InChI is InChI=1S/C13H15FN2O3/c14-9-5-3-4-8(10(9)15)11(17)16-13(12(18)19)6-1-2-7-13/h3-5H,1-2,6-7,15H2,(H,16,17)(H,18,19). The first-order valence-corrected chi connectivity index (χ1v) is 6.06. The molecule has 1 aliphatic carbocycles. The van der Waals surface area contributed by atoms with Crippen LogP contribution in [0.5, 0.6) is 0 Å². The van der Waals surface area contributed by atoms with Crippen molar-refractivity contribution in [2.75, 3.05) is 5.73 Å². The molecule has 5 nitrogen and oxygen atoms in total. The van der Waals surface area contributed by atoms with Crippen molar-refractivity contribution in [3.05, 3.63) is 29.6 Å². The smallest absolute Gasteiger partial charge is 0.329 e. The SMILES string of the molecule is Nc1c(F)cccc1C(=O)NC1(C(=O)O)CCCC1. The van der Waals surface area contributed by atoms with E-state index in [1.165, 1.54) is 12.1 Å². The van der Waals surface area contributed by atoms with Gasteiger partial charge in [0.1, 0.15) is 11.4 Å². The highest BCUT2D eigenvalue weighted by molar-refractivity contribution is 6.01. The first kappa shape index (κ1) is 13.3. The van der Waals surface area contributed by atoms with Crippen molar-refractivity contribution in [3.8, 4) is 0 Å². The third kappa shape index (κ3) is 2.38. The molecule has 0 radical (unpaired) electrons. The second-order valence-corrected chi connectivity index (χ2v) is 4.75. The van der Waals surface area contributed by atoms with Gasteiger partial charge in [0.15, 0.2) is 0 Å². The summed E-state index contributed by atoms with van der Waals surface area (Å²) in [6.07, 6.45) is 2.24. The van der Waals surface area contributed by atoms with Crippen molar-refractivity contribution in [2.24, 2.45) is 0 Å². The number of hydrogen-bond donors (Lipinski definition) is 3. The largest absolute Gasteiger partial charge is 0.480 e. The Morgan fingerprint density at radius 2 is 1.95 bits per heavy atom. The lowest BCUT2D eigenvalue weighted by atomic mass is 9.97. The summed E-state index contributed by atoms with van der Waals surface area (Å²) in [7, 11) is 0. The normalized spacial score (nSPS) is 17.1. The Balaban J connectivity index is 2.25. The number of carbonyl (C=O) groups is 2. The second-order valence-electron chi connectivity index (χ2n) is 4.75. The summed E-state index contributed by atoms with van der Waals surface area (Å²) in [5.41, 5.74) is 3.94. The average Bonchev–Trinajstić information content (AvgIpc) is 2.82. The van der Waals surface area contributed by atoms with Gasteiger partial charge in [-0.2, -0.15) is 0 Å². The summed E-state index contributed by atoms with van der Waals surface area (Å²) in [5, 5.41) is 11.8. The van der Waals surface area contributed by atoms with E-state index in [1.807, 2.05) is 0 Å². The van der Waals surface area contributed by atoms with Crippen LogP contribution in [0.25, 0.3) is 0 Å². The molecule has 4 N–H and O–H groups in total. The molecule has 2 rings (SSSR count). The maximum atomic E-state index is 13.3. The fourth-order valence-electron chi connectivity index (χ4n) is 2.39. The molecule has 0 bridgehead atoms. The van der Waals surface area contributed by atoms with Gasteiger partial charge in [-0.15, -0.1) is 0 Å². The number of nitrogen functional groups attached to an aromatic ring is 1. The van der Waals surface area contributed by atoms with E-state index in [9.17, 15) is 19.1 Å². The topological polar surface area (TPSA) is 92.4 Å². The monoisotopic (exact) mass is 266 g/mol. The van der Waals surface area contributed by atoms with Gasteiger partial charge < -0.3 is 16.2 Å².